The molecule has 1 aromatic heterocycles. The third-order valence-electron chi connectivity index (χ3n) is 2.05. The summed E-state index contributed by atoms with van der Waals surface area (Å²) in [5.74, 6) is 0. The lowest BCUT2D eigenvalue weighted by molar-refractivity contribution is 0.557. The molecule has 0 bridgehead atoms. The summed E-state index contributed by atoms with van der Waals surface area (Å²) in [5.41, 5.74) is 1.18. The lowest BCUT2D eigenvalue weighted by atomic mass is 10.2. The number of hydrogen-bond donors (Lipinski definition) is 2. The third-order valence-corrected chi connectivity index (χ3v) is 2.05. The molecule has 1 fully saturated rings. The Morgan fingerprint density at radius 1 is 1.73 bits per heavy atom. The molecule has 0 amide bonds. The van der Waals surface area contributed by atoms with Crippen molar-refractivity contribution in [2.45, 2.75) is 31.8 Å². The number of hydrogen-bond acceptors (Lipinski definition) is 2. The molecule has 1 unspecified atom stereocenters. The van der Waals surface area contributed by atoms with Crippen molar-refractivity contribution < 1.29 is 0 Å². The molecule has 0 aliphatic heterocycles. The molecule has 0 spiro atoms. The molecule has 1 atom stereocenters. The van der Waals surface area contributed by atoms with Crippen LogP contribution in [0, 0.1) is 0 Å². The van der Waals surface area contributed by atoms with E-state index in [9.17, 15) is 0 Å². The zero-order valence-electron chi connectivity index (χ0n) is 6.67. The van der Waals surface area contributed by atoms with E-state index in [1.807, 2.05) is 6.07 Å². The first-order valence-corrected chi connectivity index (χ1v) is 4.11. The molecule has 1 aromatic rings. The standard InChI is InChI=1S/C8H13N3/c1-6(10-7-2-3-7)8-4-5-9-11-8/h4-7,10H,2-3H2,1H3,(H,9,11). The summed E-state index contributed by atoms with van der Waals surface area (Å²) >= 11 is 0. The number of rotatable bonds is 3. The third kappa shape index (κ3) is 1.60. The molecule has 1 saturated carbocycles. The molecule has 3 heteroatoms. The Morgan fingerprint density at radius 3 is 3.09 bits per heavy atom. The first-order valence-electron chi connectivity index (χ1n) is 4.11. The van der Waals surface area contributed by atoms with Gasteiger partial charge in [0.15, 0.2) is 0 Å². The van der Waals surface area contributed by atoms with Crippen molar-refractivity contribution in [2.75, 3.05) is 0 Å². The predicted molar refractivity (Wildman–Crippen MR) is 43.2 cm³/mol. The second-order valence-corrected chi connectivity index (χ2v) is 3.17. The van der Waals surface area contributed by atoms with Crippen LogP contribution in [0.25, 0.3) is 0 Å². The fraction of sp³-hybridized carbons (Fsp3) is 0.625. The molecule has 2 rings (SSSR count). The Kier molecular flexibility index (Phi) is 1.66. The highest BCUT2D eigenvalue weighted by Crippen LogP contribution is 2.22. The number of nitrogens with one attached hydrogen (secondary N) is 2. The van der Waals surface area contributed by atoms with Crippen LogP contribution in [0.3, 0.4) is 0 Å². The Hall–Kier alpha value is -0.830. The molecule has 1 aliphatic rings. The zero-order valence-corrected chi connectivity index (χ0v) is 6.67. The van der Waals surface area contributed by atoms with Gasteiger partial charge in [-0.1, -0.05) is 0 Å². The van der Waals surface area contributed by atoms with Gasteiger partial charge in [-0.3, -0.25) is 5.10 Å². The van der Waals surface area contributed by atoms with Crippen LogP contribution in [0.5, 0.6) is 0 Å². The van der Waals surface area contributed by atoms with E-state index in [1.165, 1.54) is 18.5 Å². The highest BCUT2D eigenvalue weighted by molar-refractivity contribution is 5.04. The molecular weight excluding hydrogens is 138 g/mol. The second kappa shape index (κ2) is 2.66. The largest absolute Gasteiger partial charge is 0.306 e. The van der Waals surface area contributed by atoms with Gasteiger partial charge in [-0.15, -0.1) is 0 Å². The zero-order chi connectivity index (χ0) is 7.68. The molecule has 1 heterocycles. The van der Waals surface area contributed by atoms with Crippen molar-refractivity contribution >= 4 is 0 Å². The molecule has 0 saturated heterocycles. The van der Waals surface area contributed by atoms with Crippen molar-refractivity contribution in [2.24, 2.45) is 0 Å². The van der Waals surface area contributed by atoms with Crippen molar-refractivity contribution in [1.82, 2.24) is 15.5 Å². The van der Waals surface area contributed by atoms with E-state index in [-0.39, 0.29) is 0 Å². The van der Waals surface area contributed by atoms with E-state index in [0.717, 1.165) is 6.04 Å². The molecule has 60 valence electrons. The van der Waals surface area contributed by atoms with Crippen molar-refractivity contribution in [1.29, 1.82) is 0 Å². The fourth-order valence-electron chi connectivity index (χ4n) is 1.20. The molecule has 3 nitrogen and oxygen atoms in total. The summed E-state index contributed by atoms with van der Waals surface area (Å²) < 4.78 is 0. The minimum Gasteiger partial charge on any atom is -0.306 e. The summed E-state index contributed by atoms with van der Waals surface area (Å²) in [4.78, 5) is 0. The van der Waals surface area contributed by atoms with Crippen LogP contribution in [0.4, 0.5) is 0 Å². The summed E-state index contributed by atoms with van der Waals surface area (Å²) in [6, 6.07) is 3.19. The first kappa shape index (κ1) is 6.85. The maximum Gasteiger partial charge on any atom is 0.0518 e. The summed E-state index contributed by atoms with van der Waals surface area (Å²) in [6.45, 7) is 2.16. The second-order valence-electron chi connectivity index (χ2n) is 3.17. The van der Waals surface area contributed by atoms with E-state index in [1.54, 1.807) is 6.20 Å². The normalized spacial score (nSPS) is 20.1. The monoisotopic (exact) mass is 151 g/mol. The minimum atomic E-state index is 0.421. The van der Waals surface area contributed by atoms with Gasteiger partial charge < -0.3 is 5.32 Å². The van der Waals surface area contributed by atoms with Gasteiger partial charge in [0.2, 0.25) is 0 Å². The lowest BCUT2D eigenvalue weighted by Crippen LogP contribution is -2.20. The van der Waals surface area contributed by atoms with Crippen LogP contribution in [0.15, 0.2) is 12.3 Å². The smallest absolute Gasteiger partial charge is 0.0518 e. The quantitative estimate of drug-likeness (QED) is 0.682. The van der Waals surface area contributed by atoms with Crippen LogP contribution in [-0.2, 0) is 0 Å². The van der Waals surface area contributed by atoms with E-state index < -0.39 is 0 Å². The first-order chi connectivity index (χ1) is 5.36. The predicted octanol–water partition coefficient (Wildman–Crippen LogP) is 1.22. The fourth-order valence-corrected chi connectivity index (χ4v) is 1.20. The summed E-state index contributed by atoms with van der Waals surface area (Å²) in [5, 5.41) is 10.3. The Bertz CT molecular complexity index is 213. The van der Waals surface area contributed by atoms with Gasteiger partial charge >= 0.3 is 0 Å². The highest BCUT2D eigenvalue weighted by Gasteiger charge is 2.23. The molecule has 2 N–H and O–H groups in total. The Balaban J connectivity index is 1.93. The topological polar surface area (TPSA) is 40.7 Å². The van der Waals surface area contributed by atoms with Crippen LogP contribution in [0.1, 0.15) is 31.5 Å². The van der Waals surface area contributed by atoms with Crippen molar-refractivity contribution in [3.63, 3.8) is 0 Å². The molecule has 0 radical (unpaired) electrons. The Morgan fingerprint density at radius 2 is 2.55 bits per heavy atom. The van der Waals surface area contributed by atoms with Crippen molar-refractivity contribution in [3.05, 3.63) is 18.0 Å². The van der Waals surface area contributed by atoms with E-state index in [4.69, 9.17) is 0 Å². The van der Waals surface area contributed by atoms with E-state index in [2.05, 4.69) is 22.4 Å². The van der Waals surface area contributed by atoms with Gasteiger partial charge in [-0.05, 0) is 25.8 Å². The SMILES string of the molecule is CC(NC1CC1)c1ccn[nH]1. The molecule has 11 heavy (non-hydrogen) atoms. The van der Waals surface area contributed by atoms with Crippen LogP contribution >= 0.6 is 0 Å². The number of H-pyrrole nitrogens is 1. The Labute approximate surface area is 66.2 Å². The minimum absolute atomic E-state index is 0.421. The van der Waals surface area contributed by atoms with Crippen LogP contribution in [0.2, 0.25) is 0 Å². The maximum absolute atomic E-state index is 3.91. The van der Waals surface area contributed by atoms with E-state index >= 15 is 0 Å². The van der Waals surface area contributed by atoms with Gasteiger partial charge in [-0.25, -0.2) is 0 Å². The van der Waals surface area contributed by atoms with E-state index in [0.29, 0.717) is 6.04 Å². The highest BCUT2D eigenvalue weighted by atomic mass is 15.1. The maximum atomic E-state index is 3.91. The number of nitrogens with zero attached hydrogens (tertiary/aromatic N) is 1. The molecular formula is C8H13N3. The van der Waals surface area contributed by atoms with Gasteiger partial charge in [0, 0.05) is 18.3 Å². The van der Waals surface area contributed by atoms with Gasteiger partial charge in [0.1, 0.15) is 0 Å². The van der Waals surface area contributed by atoms with Gasteiger partial charge in [0.25, 0.3) is 0 Å². The van der Waals surface area contributed by atoms with Crippen molar-refractivity contribution in [3.8, 4) is 0 Å². The number of aromatic nitrogens is 2. The molecule has 0 aromatic carbocycles. The van der Waals surface area contributed by atoms with Gasteiger partial charge in [0.05, 0.1) is 5.69 Å². The lowest BCUT2D eigenvalue weighted by Gasteiger charge is -2.09. The number of aromatic amines is 1. The van der Waals surface area contributed by atoms with Gasteiger partial charge in [-0.2, -0.15) is 5.10 Å². The summed E-state index contributed by atoms with van der Waals surface area (Å²) in [7, 11) is 0. The average Bonchev–Trinajstić information content (AvgIpc) is 2.67. The average molecular weight is 151 g/mol. The summed E-state index contributed by atoms with van der Waals surface area (Å²) in [6.07, 6.45) is 4.46. The van der Waals surface area contributed by atoms with Crippen LogP contribution in [-0.4, -0.2) is 16.2 Å². The van der Waals surface area contributed by atoms with Crippen LogP contribution < -0.4 is 5.32 Å². The molecule has 1 aliphatic carbocycles.